The number of hydrogen-bond acceptors (Lipinski definition) is 4. The molecular formula is C17H20N4O. The molecule has 1 aromatic heterocycles. The molecule has 22 heavy (non-hydrogen) atoms. The van der Waals surface area contributed by atoms with Gasteiger partial charge in [-0.3, -0.25) is 4.79 Å². The van der Waals surface area contributed by atoms with Crippen LogP contribution in [0.3, 0.4) is 0 Å². The maximum Gasteiger partial charge on any atom is 0.277 e. The number of carbonyl (C=O) groups excluding carboxylic acids is 1. The average molecular weight is 296 g/mol. The van der Waals surface area contributed by atoms with E-state index < -0.39 is 0 Å². The molecule has 0 radical (unpaired) electrons. The average Bonchev–Trinajstić information content (AvgIpc) is 2.89. The van der Waals surface area contributed by atoms with Crippen LogP contribution in [0.4, 0.5) is 11.6 Å². The van der Waals surface area contributed by atoms with E-state index in [9.17, 15) is 4.79 Å². The van der Waals surface area contributed by atoms with Crippen LogP contribution in [0.1, 0.15) is 35.6 Å². The van der Waals surface area contributed by atoms with Crippen molar-refractivity contribution in [2.75, 3.05) is 16.8 Å². The fourth-order valence-electron chi connectivity index (χ4n) is 2.69. The molecule has 0 fully saturated rings. The number of hydrogen-bond donors (Lipinski definition) is 1. The summed E-state index contributed by atoms with van der Waals surface area (Å²) in [7, 11) is 0. The lowest BCUT2D eigenvalue weighted by molar-refractivity contribution is 0.0984. The van der Waals surface area contributed by atoms with Gasteiger partial charge in [0, 0.05) is 24.0 Å². The summed E-state index contributed by atoms with van der Waals surface area (Å²) in [5.41, 5.74) is 3.42. The summed E-state index contributed by atoms with van der Waals surface area (Å²) in [5, 5.41) is 3.16. The topological polar surface area (TPSA) is 58.1 Å². The highest BCUT2D eigenvalue weighted by Crippen LogP contribution is 2.28. The maximum atomic E-state index is 12.8. The lowest BCUT2D eigenvalue weighted by Crippen LogP contribution is -2.30. The van der Waals surface area contributed by atoms with Crippen molar-refractivity contribution in [1.82, 2.24) is 9.97 Å². The van der Waals surface area contributed by atoms with Crippen molar-refractivity contribution in [3.8, 4) is 0 Å². The molecule has 0 unspecified atom stereocenters. The number of nitrogens with one attached hydrogen (secondary N) is 1. The standard InChI is InChI=1S/C17H20N4O/c1-11(2)18-17-19-12(3)10-14(20-17)16(22)21-9-8-13-6-4-5-7-15(13)21/h4-7,10-11H,8-9H2,1-3H3,(H,18,19,20). The predicted octanol–water partition coefficient (Wildman–Crippen LogP) is 2.81. The second-order valence-electron chi connectivity index (χ2n) is 5.85. The highest BCUT2D eigenvalue weighted by atomic mass is 16.2. The van der Waals surface area contributed by atoms with E-state index in [1.165, 1.54) is 5.56 Å². The lowest BCUT2D eigenvalue weighted by atomic mass is 10.2. The minimum atomic E-state index is -0.0674. The van der Waals surface area contributed by atoms with Crippen LogP contribution in [-0.4, -0.2) is 28.5 Å². The van der Waals surface area contributed by atoms with Gasteiger partial charge in [-0.15, -0.1) is 0 Å². The number of nitrogens with zero attached hydrogens (tertiary/aromatic N) is 3. The minimum Gasteiger partial charge on any atom is -0.352 e. The van der Waals surface area contributed by atoms with Gasteiger partial charge in [0.1, 0.15) is 5.69 Å². The van der Waals surface area contributed by atoms with Gasteiger partial charge in [0.05, 0.1) is 0 Å². The Morgan fingerprint density at radius 3 is 2.82 bits per heavy atom. The van der Waals surface area contributed by atoms with Gasteiger partial charge in [0.2, 0.25) is 5.95 Å². The van der Waals surface area contributed by atoms with Gasteiger partial charge >= 0.3 is 0 Å². The normalized spacial score (nSPS) is 13.4. The lowest BCUT2D eigenvalue weighted by Gasteiger charge is -2.17. The summed E-state index contributed by atoms with van der Waals surface area (Å²) >= 11 is 0. The summed E-state index contributed by atoms with van der Waals surface area (Å²) in [6, 6.07) is 9.99. The molecule has 0 aliphatic carbocycles. The van der Waals surface area contributed by atoms with Gasteiger partial charge in [-0.2, -0.15) is 0 Å². The van der Waals surface area contributed by atoms with Crippen molar-refractivity contribution in [2.45, 2.75) is 33.2 Å². The Kier molecular flexibility index (Phi) is 3.79. The van der Waals surface area contributed by atoms with E-state index in [2.05, 4.69) is 21.4 Å². The molecule has 1 amide bonds. The van der Waals surface area contributed by atoms with E-state index in [1.54, 1.807) is 11.0 Å². The van der Waals surface area contributed by atoms with E-state index in [4.69, 9.17) is 0 Å². The van der Waals surface area contributed by atoms with Gasteiger partial charge in [0.15, 0.2) is 0 Å². The molecule has 0 bridgehead atoms. The molecule has 0 saturated heterocycles. The quantitative estimate of drug-likeness (QED) is 0.946. The van der Waals surface area contributed by atoms with Crippen LogP contribution in [0.25, 0.3) is 0 Å². The Hall–Kier alpha value is -2.43. The van der Waals surface area contributed by atoms with E-state index in [1.807, 2.05) is 39.0 Å². The van der Waals surface area contributed by atoms with Crippen molar-refractivity contribution in [2.24, 2.45) is 0 Å². The van der Waals surface area contributed by atoms with Gasteiger partial charge in [-0.25, -0.2) is 9.97 Å². The number of rotatable bonds is 3. The highest BCUT2D eigenvalue weighted by Gasteiger charge is 2.26. The molecule has 1 aromatic carbocycles. The molecule has 5 nitrogen and oxygen atoms in total. The third kappa shape index (κ3) is 2.79. The van der Waals surface area contributed by atoms with Crippen molar-refractivity contribution in [1.29, 1.82) is 0 Å². The molecule has 5 heteroatoms. The smallest absolute Gasteiger partial charge is 0.277 e. The summed E-state index contributed by atoms with van der Waals surface area (Å²) in [6.07, 6.45) is 0.892. The van der Waals surface area contributed by atoms with Crippen molar-refractivity contribution in [3.05, 3.63) is 47.3 Å². The summed E-state index contributed by atoms with van der Waals surface area (Å²) in [6.45, 7) is 6.61. The molecule has 0 saturated carbocycles. The number of aryl methyl sites for hydroxylation is 1. The van der Waals surface area contributed by atoms with Gasteiger partial charge in [-0.1, -0.05) is 18.2 Å². The van der Waals surface area contributed by atoms with Gasteiger partial charge in [0.25, 0.3) is 5.91 Å². The van der Waals surface area contributed by atoms with Crippen LogP contribution in [0, 0.1) is 6.92 Å². The van der Waals surface area contributed by atoms with Crippen LogP contribution >= 0.6 is 0 Å². The van der Waals surface area contributed by atoms with Crippen LogP contribution in [-0.2, 0) is 6.42 Å². The van der Waals surface area contributed by atoms with Crippen molar-refractivity contribution < 1.29 is 4.79 Å². The number of aromatic nitrogens is 2. The summed E-state index contributed by atoms with van der Waals surface area (Å²) < 4.78 is 0. The third-order valence-corrected chi connectivity index (χ3v) is 3.62. The summed E-state index contributed by atoms with van der Waals surface area (Å²) in [5.74, 6) is 0.438. The molecule has 2 heterocycles. The summed E-state index contributed by atoms with van der Waals surface area (Å²) in [4.78, 5) is 23.3. The van der Waals surface area contributed by atoms with Crippen LogP contribution in [0.5, 0.6) is 0 Å². The Morgan fingerprint density at radius 2 is 2.05 bits per heavy atom. The molecule has 0 spiro atoms. The minimum absolute atomic E-state index is 0.0674. The third-order valence-electron chi connectivity index (χ3n) is 3.62. The molecular weight excluding hydrogens is 276 g/mol. The number of carbonyl (C=O) groups is 1. The highest BCUT2D eigenvalue weighted by molar-refractivity contribution is 6.06. The van der Waals surface area contributed by atoms with Crippen LogP contribution in [0.15, 0.2) is 30.3 Å². The molecule has 0 atom stereocenters. The Morgan fingerprint density at radius 1 is 1.27 bits per heavy atom. The van der Waals surface area contributed by atoms with Crippen molar-refractivity contribution in [3.63, 3.8) is 0 Å². The molecule has 2 aromatic rings. The van der Waals surface area contributed by atoms with E-state index in [0.717, 1.165) is 17.8 Å². The fraction of sp³-hybridized carbons (Fsp3) is 0.353. The zero-order valence-corrected chi connectivity index (χ0v) is 13.1. The SMILES string of the molecule is Cc1cc(C(=O)N2CCc3ccccc32)nc(NC(C)C)n1. The second-order valence-corrected chi connectivity index (χ2v) is 5.85. The largest absolute Gasteiger partial charge is 0.352 e. The number of fused-ring (bicyclic) bond motifs is 1. The number of anilines is 2. The number of para-hydroxylation sites is 1. The second kappa shape index (κ2) is 5.75. The predicted molar refractivity (Wildman–Crippen MR) is 87.4 cm³/mol. The van der Waals surface area contributed by atoms with E-state index >= 15 is 0 Å². The first-order valence-electron chi connectivity index (χ1n) is 7.56. The zero-order valence-electron chi connectivity index (χ0n) is 13.1. The Balaban J connectivity index is 1.91. The molecule has 1 aliphatic rings. The fourth-order valence-corrected chi connectivity index (χ4v) is 2.69. The van der Waals surface area contributed by atoms with Crippen LogP contribution < -0.4 is 10.2 Å². The molecule has 114 valence electrons. The van der Waals surface area contributed by atoms with E-state index in [0.29, 0.717) is 18.2 Å². The Labute approximate surface area is 130 Å². The van der Waals surface area contributed by atoms with Crippen LogP contribution in [0.2, 0.25) is 0 Å². The molecule has 1 N–H and O–H groups in total. The van der Waals surface area contributed by atoms with E-state index in [-0.39, 0.29) is 11.9 Å². The maximum absolute atomic E-state index is 12.8. The zero-order chi connectivity index (χ0) is 15.7. The first-order valence-corrected chi connectivity index (χ1v) is 7.56. The Bertz CT molecular complexity index is 712. The number of amides is 1. The molecule has 3 rings (SSSR count). The first-order chi connectivity index (χ1) is 10.5. The van der Waals surface area contributed by atoms with Gasteiger partial charge in [-0.05, 0) is 44.9 Å². The monoisotopic (exact) mass is 296 g/mol. The van der Waals surface area contributed by atoms with Gasteiger partial charge < -0.3 is 10.2 Å². The van der Waals surface area contributed by atoms with Crippen molar-refractivity contribution >= 4 is 17.5 Å². The first kappa shape index (κ1) is 14.5. The molecule has 1 aliphatic heterocycles. The number of benzene rings is 1.